The fraction of sp³-hybridized carbons (Fsp3) is 0.429. The predicted molar refractivity (Wildman–Crippen MR) is 77.2 cm³/mol. The van der Waals surface area contributed by atoms with E-state index < -0.39 is 0 Å². The Morgan fingerprint density at radius 2 is 2.05 bits per heavy atom. The number of piperazine rings is 3. The van der Waals surface area contributed by atoms with Gasteiger partial charge in [0, 0.05) is 32.7 Å². The molecule has 0 aliphatic carbocycles. The van der Waals surface area contributed by atoms with Crippen LogP contribution in [-0.4, -0.2) is 57.8 Å². The van der Waals surface area contributed by atoms with Crippen molar-refractivity contribution >= 4 is 11.6 Å². The Morgan fingerprint density at radius 3 is 2.76 bits per heavy atom. The van der Waals surface area contributed by atoms with Gasteiger partial charge in [-0.15, -0.1) is 0 Å². The van der Waals surface area contributed by atoms with Crippen LogP contribution in [-0.2, 0) is 0 Å². The van der Waals surface area contributed by atoms with Gasteiger partial charge in [0.25, 0.3) is 5.89 Å². The number of phenolic OH excluding ortho intramolecular Hbond substituents is 1. The molecule has 1 unspecified atom stereocenters. The molecule has 0 radical (unpaired) electrons. The molecule has 110 valence electrons. The van der Waals surface area contributed by atoms with Gasteiger partial charge in [0.05, 0.1) is 16.6 Å². The molecule has 0 spiro atoms. The van der Waals surface area contributed by atoms with E-state index in [0.29, 0.717) is 22.3 Å². The summed E-state index contributed by atoms with van der Waals surface area (Å²) in [6, 6.07) is 4.87. The lowest BCUT2D eigenvalue weighted by molar-refractivity contribution is 0.00781. The summed E-state index contributed by atoms with van der Waals surface area (Å²) in [5.74, 6) is 1.16. The monoisotopic (exact) mass is 306 g/mol. The summed E-state index contributed by atoms with van der Waals surface area (Å²) < 4.78 is 5.35. The Hall–Kier alpha value is -1.63. The molecule has 6 nitrogen and oxygen atoms in total. The highest BCUT2D eigenvalue weighted by Crippen LogP contribution is 2.32. The topological polar surface area (TPSA) is 65.6 Å². The largest absolute Gasteiger partial charge is 0.508 e. The number of aromatic hydroxyl groups is 1. The smallest absolute Gasteiger partial charge is 0.259 e. The van der Waals surface area contributed by atoms with Gasteiger partial charge in [0.15, 0.2) is 5.82 Å². The zero-order valence-electron chi connectivity index (χ0n) is 11.4. The maximum Gasteiger partial charge on any atom is 0.259 e. The molecular formula is C14H15ClN4O2. The molecule has 0 saturated carbocycles. The molecule has 1 N–H and O–H groups in total. The van der Waals surface area contributed by atoms with E-state index in [0.717, 1.165) is 32.7 Å². The van der Waals surface area contributed by atoms with Gasteiger partial charge in [0.2, 0.25) is 0 Å². The van der Waals surface area contributed by atoms with Gasteiger partial charge in [-0.1, -0.05) is 16.8 Å². The summed E-state index contributed by atoms with van der Waals surface area (Å²) in [6.45, 7) is 5.24. The highest BCUT2D eigenvalue weighted by Gasteiger charge is 2.35. The molecular weight excluding hydrogens is 292 g/mol. The number of hydrogen-bond acceptors (Lipinski definition) is 6. The highest BCUT2D eigenvalue weighted by molar-refractivity contribution is 6.33. The number of fused-ring (bicyclic) bond motifs is 3. The quantitative estimate of drug-likeness (QED) is 0.912. The molecule has 3 aliphatic rings. The van der Waals surface area contributed by atoms with Crippen LogP contribution in [0.1, 0.15) is 11.9 Å². The van der Waals surface area contributed by atoms with Crippen molar-refractivity contribution in [2.75, 3.05) is 32.7 Å². The molecule has 7 heteroatoms. The molecule has 1 aromatic carbocycles. The van der Waals surface area contributed by atoms with Gasteiger partial charge < -0.3 is 9.63 Å². The van der Waals surface area contributed by atoms with Crippen LogP contribution in [0.3, 0.4) is 0 Å². The first kappa shape index (κ1) is 13.1. The Balaban J connectivity index is 1.65. The van der Waals surface area contributed by atoms with E-state index in [1.807, 2.05) is 0 Å². The summed E-state index contributed by atoms with van der Waals surface area (Å²) in [7, 11) is 0. The van der Waals surface area contributed by atoms with Gasteiger partial charge >= 0.3 is 0 Å². The van der Waals surface area contributed by atoms with E-state index in [4.69, 9.17) is 16.1 Å². The second-order valence-electron chi connectivity index (χ2n) is 5.47. The van der Waals surface area contributed by atoms with Crippen molar-refractivity contribution in [2.45, 2.75) is 6.04 Å². The third-order valence-electron chi connectivity index (χ3n) is 4.20. The van der Waals surface area contributed by atoms with Crippen molar-refractivity contribution in [3.63, 3.8) is 0 Å². The molecule has 21 heavy (non-hydrogen) atoms. The molecule has 3 saturated heterocycles. The summed E-state index contributed by atoms with van der Waals surface area (Å²) in [5.41, 5.74) is 0.562. The second-order valence-corrected chi connectivity index (χ2v) is 5.88. The standard InChI is InChI=1S/C14H15ClN4O2/c15-11-2-1-9(20)7-10(11)14-16-13(17-21-14)12-8-18-3-5-19(12)6-4-18/h1-2,7,12,20H,3-6,8H2. The summed E-state index contributed by atoms with van der Waals surface area (Å²) >= 11 is 6.13. The van der Waals surface area contributed by atoms with Gasteiger partial charge in [-0.3, -0.25) is 9.80 Å². The molecule has 3 aliphatic heterocycles. The minimum absolute atomic E-state index is 0.126. The van der Waals surface area contributed by atoms with Crippen molar-refractivity contribution < 1.29 is 9.63 Å². The van der Waals surface area contributed by atoms with Crippen LogP contribution >= 0.6 is 11.6 Å². The Kier molecular flexibility index (Phi) is 3.10. The molecule has 2 aromatic rings. The van der Waals surface area contributed by atoms with E-state index in [9.17, 15) is 5.11 Å². The number of hydrogen-bond donors (Lipinski definition) is 1. The normalized spacial score (nSPS) is 28.0. The molecule has 1 aromatic heterocycles. The number of nitrogens with zero attached hydrogens (tertiary/aromatic N) is 4. The highest BCUT2D eigenvalue weighted by atomic mass is 35.5. The van der Waals surface area contributed by atoms with Gasteiger partial charge in [-0.05, 0) is 18.2 Å². The maximum atomic E-state index is 9.58. The minimum atomic E-state index is 0.126. The van der Waals surface area contributed by atoms with Crippen molar-refractivity contribution in [2.24, 2.45) is 0 Å². The minimum Gasteiger partial charge on any atom is -0.508 e. The van der Waals surface area contributed by atoms with Crippen molar-refractivity contribution in [1.82, 2.24) is 19.9 Å². The lowest BCUT2D eigenvalue weighted by atomic mass is 10.1. The number of aromatic nitrogens is 2. The first-order chi connectivity index (χ1) is 10.2. The Bertz CT molecular complexity index is 667. The zero-order valence-corrected chi connectivity index (χ0v) is 12.1. The SMILES string of the molecule is Oc1ccc(Cl)c(-c2nc(C3CN4CCN3CC4)no2)c1. The van der Waals surface area contributed by atoms with E-state index in [-0.39, 0.29) is 11.8 Å². The number of phenols is 1. The van der Waals surface area contributed by atoms with Gasteiger partial charge in [-0.2, -0.15) is 4.98 Å². The number of rotatable bonds is 2. The Morgan fingerprint density at radius 1 is 1.24 bits per heavy atom. The molecule has 4 heterocycles. The molecule has 1 atom stereocenters. The first-order valence-corrected chi connectivity index (χ1v) is 7.37. The number of halogens is 1. The summed E-state index contributed by atoms with van der Waals surface area (Å²) in [4.78, 5) is 9.29. The average molecular weight is 307 g/mol. The van der Waals surface area contributed by atoms with Crippen LogP contribution in [0.4, 0.5) is 0 Å². The van der Waals surface area contributed by atoms with Crippen LogP contribution in [0.25, 0.3) is 11.5 Å². The van der Waals surface area contributed by atoms with Crippen LogP contribution < -0.4 is 0 Å². The first-order valence-electron chi connectivity index (χ1n) is 6.99. The molecule has 5 rings (SSSR count). The molecule has 3 fully saturated rings. The predicted octanol–water partition coefficient (Wildman–Crippen LogP) is 1.77. The van der Waals surface area contributed by atoms with Crippen LogP contribution in [0.5, 0.6) is 5.75 Å². The van der Waals surface area contributed by atoms with E-state index in [1.165, 1.54) is 12.1 Å². The summed E-state index contributed by atoms with van der Waals surface area (Å²) in [6.07, 6.45) is 0. The van der Waals surface area contributed by atoms with Crippen molar-refractivity contribution in [3.8, 4) is 17.2 Å². The number of benzene rings is 1. The summed E-state index contributed by atoms with van der Waals surface area (Å²) in [5, 5.41) is 14.2. The Labute approximate surface area is 126 Å². The zero-order chi connectivity index (χ0) is 14.4. The molecule has 2 bridgehead atoms. The van der Waals surface area contributed by atoms with Crippen molar-refractivity contribution in [3.05, 3.63) is 29.0 Å². The third-order valence-corrected chi connectivity index (χ3v) is 4.53. The lowest BCUT2D eigenvalue weighted by Gasteiger charge is -2.46. The van der Waals surface area contributed by atoms with Gasteiger partial charge in [0.1, 0.15) is 5.75 Å². The van der Waals surface area contributed by atoms with Crippen LogP contribution in [0, 0.1) is 0 Å². The van der Waals surface area contributed by atoms with Crippen LogP contribution in [0.2, 0.25) is 5.02 Å². The lowest BCUT2D eigenvalue weighted by Crippen LogP contribution is -2.57. The van der Waals surface area contributed by atoms with E-state index >= 15 is 0 Å². The molecule has 0 amide bonds. The fourth-order valence-electron chi connectivity index (χ4n) is 3.02. The van der Waals surface area contributed by atoms with Crippen molar-refractivity contribution in [1.29, 1.82) is 0 Å². The van der Waals surface area contributed by atoms with Crippen LogP contribution in [0.15, 0.2) is 22.7 Å². The van der Waals surface area contributed by atoms with E-state index in [2.05, 4.69) is 19.9 Å². The fourth-order valence-corrected chi connectivity index (χ4v) is 3.22. The average Bonchev–Trinajstić information content (AvgIpc) is 3.00. The maximum absolute atomic E-state index is 9.58. The van der Waals surface area contributed by atoms with Gasteiger partial charge in [-0.25, -0.2) is 0 Å². The second kappa shape index (κ2) is 4.98. The van der Waals surface area contributed by atoms with E-state index in [1.54, 1.807) is 6.07 Å². The third kappa shape index (κ3) is 2.29.